The third-order valence-electron chi connectivity index (χ3n) is 3.94. The molecule has 0 saturated heterocycles. The highest BCUT2D eigenvalue weighted by Gasteiger charge is 2.18. The highest BCUT2D eigenvalue weighted by Crippen LogP contribution is 2.25. The fraction of sp³-hybridized carbons (Fsp3) is 0.235. The summed E-state index contributed by atoms with van der Waals surface area (Å²) in [5.74, 6) is -2.20. The molecule has 2 aromatic carbocycles. The van der Waals surface area contributed by atoms with Gasteiger partial charge in [-0.1, -0.05) is 12.1 Å². The molecule has 0 bridgehead atoms. The van der Waals surface area contributed by atoms with Gasteiger partial charge in [-0.15, -0.1) is 0 Å². The van der Waals surface area contributed by atoms with Crippen LogP contribution < -0.4 is 5.73 Å². The summed E-state index contributed by atoms with van der Waals surface area (Å²) in [6.45, 7) is 0. The van der Waals surface area contributed by atoms with E-state index in [2.05, 4.69) is 0 Å². The summed E-state index contributed by atoms with van der Waals surface area (Å²) in [6.07, 6.45) is 4.21. The van der Waals surface area contributed by atoms with Gasteiger partial charge in [0.1, 0.15) is 11.6 Å². The highest BCUT2D eigenvalue weighted by molar-refractivity contribution is 6.09. The minimum absolute atomic E-state index is 0.190. The lowest BCUT2D eigenvalue weighted by Crippen LogP contribution is -2.09. The van der Waals surface area contributed by atoms with Crippen LogP contribution in [0.3, 0.4) is 0 Å². The van der Waals surface area contributed by atoms with Crippen molar-refractivity contribution in [2.75, 3.05) is 5.73 Å². The number of nitrogen functional groups attached to an aromatic ring is 1. The molecule has 1 aliphatic carbocycles. The number of nitrogens with two attached hydrogens (primary N) is 1. The van der Waals surface area contributed by atoms with Gasteiger partial charge in [0.15, 0.2) is 5.78 Å². The molecule has 1 aliphatic rings. The lowest BCUT2D eigenvalue weighted by atomic mass is 9.89. The maximum absolute atomic E-state index is 13.8. The topological polar surface area (TPSA) is 43.1 Å². The van der Waals surface area contributed by atoms with Crippen molar-refractivity contribution in [2.24, 2.45) is 0 Å². The number of halogens is 2. The van der Waals surface area contributed by atoms with Gasteiger partial charge in [0.2, 0.25) is 0 Å². The summed E-state index contributed by atoms with van der Waals surface area (Å²) >= 11 is 0. The number of anilines is 1. The molecular formula is C17H15F2NO. The van der Waals surface area contributed by atoms with Crippen LogP contribution in [0, 0.1) is 11.6 Å². The molecule has 0 atom stereocenters. The Balaban J connectivity index is 2.01. The molecule has 0 heterocycles. The first kappa shape index (κ1) is 13.7. The number of rotatable bonds is 2. The predicted molar refractivity (Wildman–Crippen MR) is 77.3 cm³/mol. The number of fused-ring (bicyclic) bond motifs is 1. The zero-order chi connectivity index (χ0) is 15.0. The largest absolute Gasteiger partial charge is 0.396 e. The summed E-state index contributed by atoms with van der Waals surface area (Å²) in [5.41, 5.74) is 7.81. The molecule has 0 amide bonds. The second-order valence-corrected chi connectivity index (χ2v) is 5.37. The van der Waals surface area contributed by atoms with Crippen LogP contribution in [0.2, 0.25) is 0 Å². The molecule has 0 saturated carbocycles. The Hall–Kier alpha value is -2.23. The van der Waals surface area contributed by atoms with E-state index in [0.29, 0.717) is 11.6 Å². The van der Waals surface area contributed by atoms with Gasteiger partial charge in [-0.2, -0.15) is 0 Å². The van der Waals surface area contributed by atoms with E-state index < -0.39 is 17.4 Å². The molecule has 0 aromatic heterocycles. The number of ketones is 1. The van der Waals surface area contributed by atoms with Gasteiger partial charge in [-0.05, 0) is 48.9 Å². The van der Waals surface area contributed by atoms with Crippen LogP contribution in [0.15, 0.2) is 30.3 Å². The van der Waals surface area contributed by atoms with Gasteiger partial charge in [0.05, 0.1) is 11.3 Å². The molecule has 0 radical (unpaired) electrons. The highest BCUT2D eigenvalue weighted by atomic mass is 19.1. The normalized spacial score (nSPS) is 13.8. The van der Waals surface area contributed by atoms with Crippen molar-refractivity contribution in [3.63, 3.8) is 0 Å². The summed E-state index contributed by atoms with van der Waals surface area (Å²) in [5, 5.41) is 0. The van der Waals surface area contributed by atoms with E-state index in [1.807, 2.05) is 12.1 Å². The van der Waals surface area contributed by atoms with Crippen molar-refractivity contribution < 1.29 is 13.6 Å². The van der Waals surface area contributed by atoms with Crippen LogP contribution in [0.5, 0.6) is 0 Å². The van der Waals surface area contributed by atoms with Crippen molar-refractivity contribution in [1.82, 2.24) is 0 Å². The number of carbonyl (C=O) groups is 1. The Morgan fingerprint density at radius 1 is 0.952 bits per heavy atom. The van der Waals surface area contributed by atoms with Crippen molar-refractivity contribution in [3.8, 4) is 0 Å². The average molecular weight is 287 g/mol. The fourth-order valence-corrected chi connectivity index (χ4v) is 2.77. The Morgan fingerprint density at radius 3 is 2.43 bits per heavy atom. The summed E-state index contributed by atoms with van der Waals surface area (Å²) in [4.78, 5) is 12.4. The van der Waals surface area contributed by atoms with E-state index in [4.69, 9.17) is 5.73 Å². The van der Waals surface area contributed by atoms with Crippen LogP contribution in [-0.4, -0.2) is 5.78 Å². The second kappa shape index (κ2) is 5.28. The van der Waals surface area contributed by atoms with Gasteiger partial charge in [-0.25, -0.2) is 8.78 Å². The van der Waals surface area contributed by atoms with Crippen molar-refractivity contribution in [3.05, 3.63) is 64.2 Å². The molecule has 2 N–H and O–H groups in total. The van der Waals surface area contributed by atoms with E-state index in [1.165, 1.54) is 5.56 Å². The molecule has 2 nitrogen and oxygen atoms in total. The van der Waals surface area contributed by atoms with Gasteiger partial charge >= 0.3 is 0 Å². The van der Waals surface area contributed by atoms with Crippen molar-refractivity contribution in [1.29, 1.82) is 0 Å². The Labute approximate surface area is 121 Å². The average Bonchev–Trinajstić information content (AvgIpc) is 2.50. The standard InChI is InChI=1S/C17H15F2NO/c18-14-9-15(19)16(20)8-13(14)17(21)12-6-5-10-3-1-2-4-11(10)7-12/h5-9H,1-4,20H2. The van der Waals surface area contributed by atoms with Crippen molar-refractivity contribution >= 4 is 11.5 Å². The van der Waals surface area contributed by atoms with Crippen LogP contribution in [0.4, 0.5) is 14.5 Å². The molecular weight excluding hydrogens is 272 g/mol. The molecule has 2 aromatic rings. The van der Waals surface area contributed by atoms with Crippen LogP contribution in [0.1, 0.15) is 39.9 Å². The van der Waals surface area contributed by atoms with E-state index in [-0.39, 0.29) is 11.3 Å². The summed E-state index contributed by atoms with van der Waals surface area (Å²) in [6, 6.07) is 7.15. The Kier molecular flexibility index (Phi) is 3.45. The lowest BCUT2D eigenvalue weighted by molar-refractivity contribution is 0.103. The quantitative estimate of drug-likeness (QED) is 0.676. The summed E-state index contributed by atoms with van der Waals surface area (Å²) < 4.78 is 27.0. The van der Waals surface area contributed by atoms with Gasteiger partial charge in [0, 0.05) is 11.6 Å². The predicted octanol–water partition coefficient (Wildman–Crippen LogP) is 3.66. The molecule has 3 rings (SSSR count). The number of carbonyl (C=O) groups excluding carboxylic acids is 1. The maximum Gasteiger partial charge on any atom is 0.196 e. The van der Waals surface area contributed by atoms with Crippen LogP contribution in [0.25, 0.3) is 0 Å². The maximum atomic E-state index is 13.8. The number of hydrogen-bond acceptors (Lipinski definition) is 2. The van der Waals surface area contributed by atoms with Crippen molar-refractivity contribution in [2.45, 2.75) is 25.7 Å². The monoisotopic (exact) mass is 287 g/mol. The van der Waals surface area contributed by atoms with Crippen LogP contribution in [-0.2, 0) is 12.8 Å². The molecule has 108 valence electrons. The number of hydrogen-bond donors (Lipinski definition) is 1. The first-order chi connectivity index (χ1) is 10.1. The zero-order valence-electron chi connectivity index (χ0n) is 11.5. The van der Waals surface area contributed by atoms with Gasteiger partial charge in [0.25, 0.3) is 0 Å². The zero-order valence-corrected chi connectivity index (χ0v) is 11.5. The Morgan fingerprint density at radius 2 is 1.67 bits per heavy atom. The minimum Gasteiger partial charge on any atom is -0.396 e. The molecule has 21 heavy (non-hydrogen) atoms. The number of aryl methyl sites for hydroxylation is 2. The van der Waals surface area contributed by atoms with Gasteiger partial charge < -0.3 is 5.73 Å². The second-order valence-electron chi connectivity index (χ2n) is 5.37. The van der Waals surface area contributed by atoms with E-state index in [1.54, 1.807) is 6.07 Å². The minimum atomic E-state index is -0.885. The molecule has 0 aliphatic heterocycles. The molecule has 4 heteroatoms. The van der Waals surface area contributed by atoms with Crippen LogP contribution >= 0.6 is 0 Å². The SMILES string of the molecule is Nc1cc(C(=O)c2ccc3c(c2)CCCC3)c(F)cc1F. The number of benzene rings is 2. The molecule has 0 spiro atoms. The first-order valence-corrected chi connectivity index (χ1v) is 6.97. The third kappa shape index (κ3) is 2.53. The first-order valence-electron chi connectivity index (χ1n) is 6.97. The lowest BCUT2D eigenvalue weighted by Gasteiger charge is -2.16. The summed E-state index contributed by atoms with van der Waals surface area (Å²) in [7, 11) is 0. The van der Waals surface area contributed by atoms with E-state index in [9.17, 15) is 13.6 Å². The molecule has 0 fully saturated rings. The Bertz CT molecular complexity index is 725. The van der Waals surface area contributed by atoms with Gasteiger partial charge in [-0.3, -0.25) is 4.79 Å². The van der Waals surface area contributed by atoms with E-state index >= 15 is 0 Å². The molecule has 0 unspecified atom stereocenters. The van der Waals surface area contributed by atoms with E-state index in [0.717, 1.165) is 37.3 Å². The fourth-order valence-electron chi connectivity index (χ4n) is 2.77. The smallest absolute Gasteiger partial charge is 0.196 e. The third-order valence-corrected chi connectivity index (χ3v) is 3.94.